The quantitative estimate of drug-likeness (QED) is 0.298. The molecule has 4 aromatic rings. The van der Waals surface area contributed by atoms with Gasteiger partial charge in [-0.25, -0.2) is 13.8 Å². The van der Waals surface area contributed by atoms with E-state index in [1.807, 2.05) is 24.3 Å². The zero-order valence-electron chi connectivity index (χ0n) is 19.7. The van der Waals surface area contributed by atoms with Crippen LogP contribution in [0.5, 0.6) is 17.2 Å². The van der Waals surface area contributed by atoms with Crippen molar-refractivity contribution in [1.29, 1.82) is 0 Å². The summed E-state index contributed by atoms with van der Waals surface area (Å²) in [6.45, 7) is 0.493. The number of nitrogens with one attached hydrogen (secondary N) is 1. The van der Waals surface area contributed by atoms with Crippen LogP contribution in [-0.4, -0.2) is 31.7 Å². The van der Waals surface area contributed by atoms with Gasteiger partial charge >= 0.3 is 0 Å². The van der Waals surface area contributed by atoms with Gasteiger partial charge in [0.1, 0.15) is 23.1 Å². The molecule has 1 aromatic heterocycles. The number of halogens is 2. The number of rotatable bonds is 10. The summed E-state index contributed by atoms with van der Waals surface area (Å²) < 4.78 is 43.1. The van der Waals surface area contributed by atoms with Crippen LogP contribution in [0.25, 0.3) is 10.6 Å². The molecule has 0 aliphatic rings. The van der Waals surface area contributed by atoms with Crippen LogP contribution in [0.3, 0.4) is 0 Å². The molecule has 0 aliphatic carbocycles. The van der Waals surface area contributed by atoms with Crippen molar-refractivity contribution in [2.45, 2.75) is 13.0 Å². The Labute approximate surface area is 211 Å². The predicted octanol–water partition coefficient (Wildman–Crippen LogP) is 5.66. The Morgan fingerprint density at radius 2 is 1.75 bits per heavy atom. The number of aromatic nitrogens is 1. The van der Waals surface area contributed by atoms with E-state index in [1.54, 1.807) is 30.7 Å². The lowest BCUT2D eigenvalue weighted by Gasteiger charge is -2.12. The van der Waals surface area contributed by atoms with Crippen molar-refractivity contribution in [2.75, 3.05) is 20.8 Å². The molecule has 0 atom stereocenters. The van der Waals surface area contributed by atoms with Crippen LogP contribution in [-0.2, 0) is 13.0 Å². The molecule has 0 aliphatic heterocycles. The number of hydrogen-bond acceptors (Lipinski definition) is 6. The highest BCUT2D eigenvalue weighted by Gasteiger charge is 2.14. The summed E-state index contributed by atoms with van der Waals surface area (Å²) in [5.41, 5.74) is 2.58. The van der Waals surface area contributed by atoms with Crippen LogP contribution < -0.4 is 19.5 Å². The molecule has 9 heteroatoms. The van der Waals surface area contributed by atoms with Crippen molar-refractivity contribution in [2.24, 2.45) is 0 Å². The molecular weight excluding hydrogens is 486 g/mol. The van der Waals surface area contributed by atoms with Gasteiger partial charge in [-0.05, 0) is 53.9 Å². The second-order valence-electron chi connectivity index (χ2n) is 7.76. The largest absolute Gasteiger partial charge is 0.496 e. The Bertz CT molecular complexity index is 1360. The third-order valence-electron chi connectivity index (χ3n) is 5.40. The second kappa shape index (κ2) is 11.6. The van der Waals surface area contributed by atoms with Crippen molar-refractivity contribution >= 4 is 17.2 Å². The SMILES string of the molecule is COc1ccccc1CCNC(=O)c1csc(-c2ccc(OCc3ccc(F)c(F)c3)c(OC)c2)n1. The summed E-state index contributed by atoms with van der Waals surface area (Å²) >= 11 is 1.34. The molecule has 186 valence electrons. The van der Waals surface area contributed by atoms with Gasteiger partial charge < -0.3 is 19.5 Å². The monoisotopic (exact) mass is 510 g/mol. The highest BCUT2D eigenvalue weighted by atomic mass is 32.1. The van der Waals surface area contributed by atoms with Crippen LogP contribution in [0.4, 0.5) is 8.78 Å². The van der Waals surface area contributed by atoms with Gasteiger partial charge in [0.05, 0.1) is 14.2 Å². The van der Waals surface area contributed by atoms with Crippen LogP contribution in [0, 0.1) is 11.6 Å². The number of hydrogen-bond donors (Lipinski definition) is 1. The highest BCUT2D eigenvalue weighted by Crippen LogP contribution is 2.34. The number of ether oxygens (including phenoxy) is 3. The average Bonchev–Trinajstić information content (AvgIpc) is 3.40. The fraction of sp³-hybridized carbons (Fsp3) is 0.185. The Morgan fingerprint density at radius 1 is 0.944 bits per heavy atom. The topological polar surface area (TPSA) is 69.7 Å². The van der Waals surface area contributed by atoms with Gasteiger partial charge in [0, 0.05) is 17.5 Å². The summed E-state index contributed by atoms with van der Waals surface area (Å²) in [6.07, 6.45) is 0.635. The first-order valence-corrected chi connectivity index (χ1v) is 12.0. The van der Waals surface area contributed by atoms with Gasteiger partial charge in [-0.3, -0.25) is 4.79 Å². The fourth-order valence-corrected chi connectivity index (χ4v) is 4.33. The number of amides is 1. The molecule has 1 heterocycles. The molecule has 0 spiro atoms. The van der Waals surface area contributed by atoms with Gasteiger partial charge in [0.15, 0.2) is 23.1 Å². The van der Waals surface area contributed by atoms with E-state index in [0.29, 0.717) is 40.7 Å². The highest BCUT2D eigenvalue weighted by molar-refractivity contribution is 7.13. The van der Waals surface area contributed by atoms with Gasteiger partial charge in [0.2, 0.25) is 0 Å². The minimum atomic E-state index is -0.929. The summed E-state index contributed by atoms with van der Waals surface area (Å²) in [4.78, 5) is 17.0. The lowest BCUT2D eigenvalue weighted by Crippen LogP contribution is -2.26. The maximum Gasteiger partial charge on any atom is 0.270 e. The smallest absolute Gasteiger partial charge is 0.270 e. The lowest BCUT2D eigenvalue weighted by atomic mass is 10.1. The molecule has 0 saturated heterocycles. The van der Waals surface area contributed by atoms with Crippen LogP contribution in [0.15, 0.2) is 66.0 Å². The van der Waals surface area contributed by atoms with E-state index >= 15 is 0 Å². The first kappa shape index (κ1) is 25.1. The normalized spacial score (nSPS) is 10.7. The van der Waals surface area contributed by atoms with E-state index in [-0.39, 0.29) is 12.5 Å². The van der Waals surface area contributed by atoms with Gasteiger partial charge in [-0.1, -0.05) is 24.3 Å². The predicted molar refractivity (Wildman–Crippen MR) is 134 cm³/mol. The minimum Gasteiger partial charge on any atom is -0.496 e. The van der Waals surface area contributed by atoms with Crippen molar-refractivity contribution in [1.82, 2.24) is 10.3 Å². The lowest BCUT2D eigenvalue weighted by molar-refractivity contribution is 0.0950. The third kappa shape index (κ3) is 5.98. The number of nitrogens with zero attached hydrogens (tertiary/aromatic N) is 1. The van der Waals surface area contributed by atoms with Crippen LogP contribution >= 0.6 is 11.3 Å². The van der Waals surface area contributed by atoms with Crippen LogP contribution in [0.2, 0.25) is 0 Å². The fourth-order valence-electron chi connectivity index (χ4n) is 3.53. The Morgan fingerprint density at radius 3 is 2.53 bits per heavy atom. The molecule has 1 amide bonds. The molecule has 6 nitrogen and oxygen atoms in total. The zero-order valence-corrected chi connectivity index (χ0v) is 20.5. The van der Waals surface area contributed by atoms with E-state index in [9.17, 15) is 13.6 Å². The van der Waals surface area contributed by atoms with E-state index in [2.05, 4.69) is 10.3 Å². The number of thiazole rings is 1. The Balaban J connectivity index is 1.38. The van der Waals surface area contributed by atoms with Gasteiger partial charge in [-0.15, -0.1) is 11.3 Å². The van der Waals surface area contributed by atoms with Crippen molar-refractivity contribution in [3.8, 4) is 27.8 Å². The zero-order chi connectivity index (χ0) is 25.5. The molecule has 0 fully saturated rings. The Kier molecular flexibility index (Phi) is 8.12. The molecule has 4 rings (SSSR count). The number of carbonyl (C=O) groups is 1. The summed E-state index contributed by atoms with van der Waals surface area (Å²) in [5, 5.41) is 5.24. The van der Waals surface area contributed by atoms with Gasteiger partial charge in [-0.2, -0.15) is 0 Å². The second-order valence-corrected chi connectivity index (χ2v) is 8.62. The first-order valence-electron chi connectivity index (χ1n) is 11.1. The minimum absolute atomic E-state index is 0.0450. The summed E-state index contributed by atoms with van der Waals surface area (Å²) in [6, 6.07) is 16.5. The molecule has 0 radical (unpaired) electrons. The van der Waals surface area contributed by atoms with Crippen molar-refractivity contribution in [3.63, 3.8) is 0 Å². The first-order chi connectivity index (χ1) is 17.5. The number of benzene rings is 3. The summed E-state index contributed by atoms with van der Waals surface area (Å²) in [5.74, 6) is -0.417. The van der Waals surface area contributed by atoms with E-state index < -0.39 is 11.6 Å². The molecule has 36 heavy (non-hydrogen) atoms. The maximum atomic E-state index is 13.4. The van der Waals surface area contributed by atoms with Crippen molar-refractivity contribution in [3.05, 3.63) is 94.5 Å². The third-order valence-corrected chi connectivity index (χ3v) is 6.29. The molecular formula is C27H24F2N2O4S. The maximum absolute atomic E-state index is 13.4. The standard InChI is InChI=1S/C27H24F2N2O4S/c1-33-23-6-4-3-5-18(23)11-12-30-26(32)22-16-36-27(31-22)19-8-10-24(25(14-19)34-2)35-15-17-7-9-20(28)21(29)13-17/h3-10,13-14,16H,11-12,15H2,1-2H3,(H,30,32). The summed E-state index contributed by atoms with van der Waals surface area (Å²) in [7, 11) is 3.13. The van der Waals surface area contributed by atoms with Crippen LogP contribution in [0.1, 0.15) is 21.6 Å². The Hall–Kier alpha value is -3.98. The van der Waals surface area contributed by atoms with Gasteiger partial charge in [0.25, 0.3) is 5.91 Å². The van der Waals surface area contributed by atoms with E-state index in [4.69, 9.17) is 14.2 Å². The molecule has 3 aromatic carbocycles. The number of para-hydroxylation sites is 1. The average molecular weight is 511 g/mol. The van der Waals surface area contributed by atoms with Crippen molar-refractivity contribution < 1.29 is 27.8 Å². The molecule has 0 unspecified atom stereocenters. The number of carbonyl (C=O) groups excluding carboxylic acids is 1. The number of methoxy groups -OCH3 is 2. The molecule has 0 saturated carbocycles. The van der Waals surface area contributed by atoms with E-state index in [0.717, 1.165) is 29.0 Å². The molecule has 1 N–H and O–H groups in total. The van der Waals surface area contributed by atoms with E-state index in [1.165, 1.54) is 24.5 Å². The molecule has 0 bridgehead atoms.